The van der Waals surface area contributed by atoms with Crippen molar-refractivity contribution in [2.75, 3.05) is 19.6 Å². The van der Waals surface area contributed by atoms with E-state index in [9.17, 15) is 14.7 Å². The number of amides is 1. The molecule has 4 fully saturated rings. The van der Waals surface area contributed by atoms with E-state index in [0.717, 1.165) is 13.0 Å². The number of aromatic nitrogens is 3. The summed E-state index contributed by atoms with van der Waals surface area (Å²) in [6, 6.07) is 5.58. The largest absolute Gasteiger partial charge is 0.507 e. The second-order valence-corrected chi connectivity index (χ2v) is 10.7. The Labute approximate surface area is 205 Å². The highest BCUT2D eigenvalue weighted by atomic mass is 16.5. The summed E-state index contributed by atoms with van der Waals surface area (Å²) < 4.78 is 7.61. The monoisotopic (exact) mass is 479 g/mol. The lowest BCUT2D eigenvalue weighted by Gasteiger charge is -2.59. The smallest absolute Gasteiger partial charge is 0.224 e. The molecule has 6 rings (SSSR count). The van der Waals surface area contributed by atoms with Crippen molar-refractivity contribution in [3.05, 3.63) is 35.7 Å². The molecule has 9 heteroatoms. The molecule has 1 aromatic heterocycles. The quantitative estimate of drug-likeness (QED) is 0.658. The zero-order valence-corrected chi connectivity index (χ0v) is 20.2. The van der Waals surface area contributed by atoms with Crippen LogP contribution in [0.1, 0.15) is 67.5 Å². The highest BCUT2D eigenvalue weighted by molar-refractivity contribution is 5.96. The van der Waals surface area contributed by atoms with E-state index in [2.05, 4.69) is 20.1 Å². The Hall–Kier alpha value is -2.94. The molecule has 1 N–H and O–H groups in total. The van der Waals surface area contributed by atoms with Crippen LogP contribution < -0.4 is 4.74 Å². The number of aromatic hydroxyl groups is 1. The second-order valence-electron chi connectivity index (χ2n) is 10.7. The van der Waals surface area contributed by atoms with Gasteiger partial charge in [-0.3, -0.25) is 14.5 Å². The molecule has 35 heavy (non-hydrogen) atoms. The standard InChI is InChI=1S/C26H33N5O4/c1-16(32)21-7-6-20(12-24(21)33)35-15-18-14-31(28-27-18)19-10-23-22-5-3-9-29-8-2-4-17(26(22)29)13-30(23)25(34)11-19/h6-7,12,14,17,19,22-23,26,33H,2-5,8-11,13,15H2,1H3/t17-,19+,22+,23+,26-/m0/s1. The van der Waals surface area contributed by atoms with Crippen molar-refractivity contribution in [3.8, 4) is 11.5 Å². The van der Waals surface area contributed by atoms with Gasteiger partial charge in [0.2, 0.25) is 5.91 Å². The average Bonchev–Trinajstić information content (AvgIpc) is 3.33. The zero-order valence-electron chi connectivity index (χ0n) is 20.2. The van der Waals surface area contributed by atoms with Crippen molar-refractivity contribution in [2.24, 2.45) is 11.8 Å². The molecule has 4 aliphatic rings. The molecule has 4 saturated heterocycles. The van der Waals surface area contributed by atoms with Crippen LogP contribution in [0, 0.1) is 11.8 Å². The van der Waals surface area contributed by atoms with Crippen LogP contribution >= 0.6 is 0 Å². The van der Waals surface area contributed by atoms with E-state index in [1.165, 1.54) is 51.8 Å². The van der Waals surface area contributed by atoms with Crippen molar-refractivity contribution < 1.29 is 19.4 Å². The number of benzene rings is 1. The Kier molecular flexibility index (Phi) is 5.75. The van der Waals surface area contributed by atoms with Gasteiger partial charge < -0.3 is 14.7 Å². The molecule has 0 radical (unpaired) electrons. The number of phenols is 1. The fraction of sp³-hybridized carbons (Fsp3) is 0.615. The fourth-order valence-electron chi connectivity index (χ4n) is 7.08. The molecule has 5 heterocycles. The van der Waals surface area contributed by atoms with Crippen LogP contribution in [0.4, 0.5) is 0 Å². The number of ether oxygens (including phenoxy) is 1. The minimum Gasteiger partial charge on any atom is -0.507 e. The Morgan fingerprint density at radius 3 is 2.86 bits per heavy atom. The Morgan fingerprint density at radius 2 is 2.06 bits per heavy atom. The second kappa shape index (κ2) is 8.93. The highest BCUT2D eigenvalue weighted by Crippen LogP contribution is 2.46. The van der Waals surface area contributed by atoms with Crippen molar-refractivity contribution in [1.82, 2.24) is 24.8 Å². The lowest BCUT2D eigenvalue weighted by atomic mass is 9.67. The molecule has 1 aromatic carbocycles. The van der Waals surface area contributed by atoms with Crippen LogP contribution in [0.25, 0.3) is 0 Å². The van der Waals surface area contributed by atoms with Crippen molar-refractivity contribution >= 4 is 11.7 Å². The van der Waals surface area contributed by atoms with E-state index >= 15 is 0 Å². The number of Topliss-reactive ketones (excluding diaryl/α,β-unsaturated/α-hetero) is 1. The molecule has 1 amide bonds. The number of piperidine rings is 4. The van der Waals surface area contributed by atoms with E-state index in [4.69, 9.17) is 4.74 Å². The number of phenolic OH excluding ortho intramolecular Hbond substituents is 1. The molecule has 186 valence electrons. The van der Waals surface area contributed by atoms with Gasteiger partial charge in [-0.25, -0.2) is 4.68 Å². The summed E-state index contributed by atoms with van der Waals surface area (Å²) in [6.07, 6.45) is 8.21. The van der Waals surface area contributed by atoms with E-state index in [1.54, 1.807) is 12.1 Å². The normalized spacial score (nSPS) is 30.5. The van der Waals surface area contributed by atoms with E-state index in [0.29, 0.717) is 35.7 Å². The molecule has 5 atom stereocenters. The summed E-state index contributed by atoms with van der Waals surface area (Å²) in [6.45, 7) is 4.94. The van der Waals surface area contributed by atoms with Gasteiger partial charge in [0, 0.05) is 31.1 Å². The predicted octanol–water partition coefficient (Wildman–Crippen LogP) is 2.80. The maximum absolute atomic E-state index is 13.3. The van der Waals surface area contributed by atoms with Crippen LogP contribution in [-0.4, -0.2) is 73.3 Å². The van der Waals surface area contributed by atoms with Crippen LogP contribution in [0.2, 0.25) is 0 Å². The van der Waals surface area contributed by atoms with Crippen LogP contribution in [0.15, 0.2) is 24.4 Å². The van der Waals surface area contributed by atoms with Crippen molar-refractivity contribution in [3.63, 3.8) is 0 Å². The van der Waals surface area contributed by atoms with Gasteiger partial charge >= 0.3 is 0 Å². The molecular formula is C26H33N5O4. The third kappa shape index (κ3) is 4.09. The SMILES string of the molecule is CC(=O)c1ccc(OCc2cn([C@H]3CC(=O)N4C[C@@H]5CCCN6CCC[C@@H]([C@H]56)[C@H]4C3)nn2)cc1O. The van der Waals surface area contributed by atoms with Crippen LogP contribution in [0.5, 0.6) is 11.5 Å². The van der Waals surface area contributed by atoms with Gasteiger partial charge in [-0.15, -0.1) is 5.10 Å². The lowest BCUT2D eigenvalue weighted by molar-refractivity contribution is -0.153. The molecule has 0 saturated carbocycles. The minimum atomic E-state index is -0.199. The molecule has 0 unspecified atom stereocenters. The van der Waals surface area contributed by atoms with Crippen LogP contribution in [0.3, 0.4) is 0 Å². The predicted molar refractivity (Wildman–Crippen MR) is 127 cm³/mol. The lowest BCUT2D eigenvalue weighted by Crippen LogP contribution is -2.67. The fourth-order valence-corrected chi connectivity index (χ4v) is 7.08. The molecule has 4 aliphatic heterocycles. The molecular weight excluding hydrogens is 446 g/mol. The number of hydrogen-bond acceptors (Lipinski definition) is 7. The number of nitrogens with zero attached hydrogens (tertiary/aromatic N) is 5. The zero-order chi connectivity index (χ0) is 24.1. The highest BCUT2D eigenvalue weighted by Gasteiger charge is 2.52. The Bertz CT molecular complexity index is 1130. The summed E-state index contributed by atoms with van der Waals surface area (Å²) in [5.41, 5.74) is 0.928. The molecule has 0 spiro atoms. The summed E-state index contributed by atoms with van der Waals surface area (Å²) in [5.74, 6) is 1.60. The van der Waals surface area contributed by atoms with Gasteiger partial charge in [-0.2, -0.15) is 0 Å². The number of hydrogen-bond donors (Lipinski definition) is 1. The summed E-state index contributed by atoms with van der Waals surface area (Å²) in [4.78, 5) is 29.7. The number of carbonyl (C=O) groups is 2. The molecule has 0 bridgehead atoms. The summed E-state index contributed by atoms with van der Waals surface area (Å²) in [5, 5.41) is 18.6. The first-order valence-electron chi connectivity index (χ1n) is 12.9. The first kappa shape index (κ1) is 22.5. The van der Waals surface area contributed by atoms with E-state index in [1.807, 2.05) is 10.9 Å². The van der Waals surface area contributed by atoms with Gasteiger partial charge in [-0.1, -0.05) is 5.21 Å². The molecule has 9 nitrogen and oxygen atoms in total. The van der Waals surface area contributed by atoms with Crippen LogP contribution in [-0.2, 0) is 11.4 Å². The third-order valence-corrected chi connectivity index (χ3v) is 8.58. The van der Waals surface area contributed by atoms with E-state index < -0.39 is 0 Å². The maximum Gasteiger partial charge on any atom is 0.224 e. The van der Waals surface area contributed by atoms with Gasteiger partial charge in [0.1, 0.15) is 23.8 Å². The van der Waals surface area contributed by atoms with Crippen molar-refractivity contribution in [2.45, 2.75) is 70.2 Å². The molecule has 2 aromatic rings. The minimum absolute atomic E-state index is 0.0133. The maximum atomic E-state index is 13.3. The van der Waals surface area contributed by atoms with Gasteiger partial charge in [-0.05, 0) is 76.1 Å². The summed E-state index contributed by atoms with van der Waals surface area (Å²) in [7, 11) is 0. The first-order chi connectivity index (χ1) is 17.0. The van der Waals surface area contributed by atoms with Gasteiger partial charge in [0.15, 0.2) is 5.78 Å². The Balaban J connectivity index is 1.14. The Morgan fingerprint density at radius 1 is 1.23 bits per heavy atom. The van der Waals surface area contributed by atoms with Gasteiger partial charge in [0.25, 0.3) is 0 Å². The van der Waals surface area contributed by atoms with E-state index in [-0.39, 0.29) is 41.7 Å². The van der Waals surface area contributed by atoms with Crippen molar-refractivity contribution in [1.29, 1.82) is 0 Å². The number of carbonyl (C=O) groups excluding carboxylic acids is 2. The summed E-state index contributed by atoms with van der Waals surface area (Å²) >= 11 is 0. The topological polar surface area (TPSA) is 101 Å². The number of fused-ring (bicyclic) bond motifs is 2. The number of rotatable bonds is 5. The average molecular weight is 480 g/mol. The molecule has 0 aliphatic carbocycles. The first-order valence-corrected chi connectivity index (χ1v) is 12.9. The van der Waals surface area contributed by atoms with Gasteiger partial charge in [0.05, 0.1) is 17.8 Å². The number of ketones is 1. The third-order valence-electron chi connectivity index (χ3n) is 8.58.